The average molecular weight is 500 g/mol. The molecule has 34 heavy (non-hydrogen) atoms. The third-order valence-electron chi connectivity index (χ3n) is 5.33. The lowest BCUT2D eigenvalue weighted by Crippen LogP contribution is -2.39. The molecule has 2 aliphatic heterocycles. The van der Waals surface area contributed by atoms with E-state index in [4.69, 9.17) is 9.57 Å². The van der Waals surface area contributed by atoms with Crippen LogP contribution in [-0.2, 0) is 31.1 Å². The Morgan fingerprint density at radius 2 is 1.82 bits per heavy atom. The van der Waals surface area contributed by atoms with Crippen LogP contribution in [0.5, 0.6) is 5.75 Å². The summed E-state index contributed by atoms with van der Waals surface area (Å²) in [4.78, 5) is 32.7. The predicted molar refractivity (Wildman–Crippen MR) is 109 cm³/mol. The molecule has 182 valence electrons. The summed E-state index contributed by atoms with van der Waals surface area (Å²) in [6.45, 7) is 1.33. The van der Waals surface area contributed by atoms with Crippen molar-refractivity contribution in [3.8, 4) is 5.75 Å². The first-order chi connectivity index (χ1) is 16.0. The van der Waals surface area contributed by atoms with E-state index in [2.05, 4.69) is 4.18 Å². The van der Waals surface area contributed by atoms with Gasteiger partial charge in [0.15, 0.2) is 6.04 Å². The smallest absolute Gasteiger partial charge is 0.464 e. The molecule has 0 aliphatic carbocycles. The first kappa shape index (κ1) is 23.8. The highest BCUT2D eigenvalue weighted by Crippen LogP contribution is 2.48. The quantitative estimate of drug-likeness (QED) is 0.326. The maximum Gasteiger partial charge on any atom is 0.534 e. The minimum atomic E-state index is -6.01. The number of amides is 2. The van der Waals surface area contributed by atoms with Crippen molar-refractivity contribution in [3.05, 3.63) is 65.2 Å². The Labute approximate surface area is 192 Å². The van der Waals surface area contributed by atoms with Gasteiger partial charge in [0.05, 0.1) is 13.2 Å². The molecule has 2 amide bonds. The second-order valence-electron chi connectivity index (χ2n) is 7.43. The van der Waals surface area contributed by atoms with E-state index in [-0.39, 0.29) is 30.9 Å². The molecule has 2 atom stereocenters. The molecule has 1 unspecified atom stereocenters. The fourth-order valence-electron chi connectivity index (χ4n) is 3.92. The van der Waals surface area contributed by atoms with Crippen LogP contribution in [-0.4, -0.2) is 49.0 Å². The van der Waals surface area contributed by atoms with Crippen molar-refractivity contribution < 1.29 is 44.9 Å². The average Bonchev–Trinajstić information content (AvgIpc) is 3.04. The van der Waals surface area contributed by atoms with Gasteiger partial charge in [-0.15, -0.1) is 0 Å². The van der Waals surface area contributed by atoms with Crippen molar-refractivity contribution in [3.63, 3.8) is 0 Å². The van der Waals surface area contributed by atoms with Gasteiger partial charge in [0, 0.05) is 5.56 Å². The standard InChI is InChI=1S/C21H19F3N2O7S/c1-2-31-19(27)18-14-9-6-10-16(33-34(29,30)21(22,23)24)17(14)15-11-25(18)20(28)26(15)32-12-13-7-4-3-5-8-13/h3-10,15,18H,2,11-12H2,1H3/t15-,18?/m1/s1. The Morgan fingerprint density at radius 1 is 1.12 bits per heavy atom. The zero-order valence-electron chi connectivity index (χ0n) is 17.7. The highest BCUT2D eigenvalue weighted by Gasteiger charge is 2.54. The molecule has 13 heteroatoms. The fourth-order valence-corrected chi connectivity index (χ4v) is 4.40. The van der Waals surface area contributed by atoms with Crippen LogP contribution in [0.2, 0.25) is 0 Å². The second-order valence-corrected chi connectivity index (χ2v) is 8.97. The van der Waals surface area contributed by atoms with Crippen molar-refractivity contribution in [1.29, 1.82) is 0 Å². The third kappa shape index (κ3) is 4.16. The minimum Gasteiger partial charge on any atom is -0.464 e. The van der Waals surface area contributed by atoms with E-state index in [0.717, 1.165) is 16.0 Å². The van der Waals surface area contributed by atoms with Gasteiger partial charge in [-0.1, -0.05) is 42.5 Å². The van der Waals surface area contributed by atoms with E-state index < -0.39 is 45.5 Å². The number of hydrogen-bond acceptors (Lipinski definition) is 7. The third-order valence-corrected chi connectivity index (χ3v) is 6.30. The molecular formula is C21H19F3N2O7S. The Kier molecular flexibility index (Phi) is 6.16. The minimum absolute atomic E-state index is 0.0109. The van der Waals surface area contributed by atoms with E-state index >= 15 is 0 Å². The zero-order chi connectivity index (χ0) is 24.7. The van der Waals surface area contributed by atoms with Crippen molar-refractivity contribution in [1.82, 2.24) is 9.96 Å². The molecule has 2 heterocycles. The Balaban J connectivity index is 1.77. The lowest BCUT2D eigenvalue weighted by atomic mass is 9.90. The fraction of sp³-hybridized carbons (Fsp3) is 0.333. The molecular weight excluding hydrogens is 481 g/mol. The molecule has 2 aromatic rings. The van der Waals surface area contributed by atoms with Gasteiger partial charge in [-0.2, -0.15) is 26.7 Å². The lowest BCUT2D eigenvalue weighted by Gasteiger charge is -2.32. The molecule has 0 N–H and O–H groups in total. The number of hydrogen-bond donors (Lipinski definition) is 0. The normalized spacial score (nSPS) is 19.7. The summed E-state index contributed by atoms with van der Waals surface area (Å²) >= 11 is 0. The van der Waals surface area contributed by atoms with Crippen LogP contribution in [0.25, 0.3) is 0 Å². The Morgan fingerprint density at radius 3 is 2.47 bits per heavy atom. The van der Waals surface area contributed by atoms with Crippen LogP contribution in [0.4, 0.5) is 18.0 Å². The van der Waals surface area contributed by atoms with Gasteiger partial charge in [0.25, 0.3) is 0 Å². The maximum absolute atomic E-state index is 13.1. The molecule has 2 aromatic carbocycles. The topological polar surface area (TPSA) is 102 Å². The zero-order valence-corrected chi connectivity index (χ0v) is 18.5. The predicted octanol–water partition coefficient (Wildman–Crippen LogP) is 3.44. The molecule has 0 radical (unpaired) electrons. The molecule has 0 spiro atoms. The molecule has 1 fully saturated rings. The maximum atomic E-state index is 13.1. The molecule has 2 bridgehead atoms. The van der Waals surface area contributed by atoms with Gasteiger partial charge in [-0.3, -0.25) is 4.84 Å². The van der Waals surface area contributed by atoms with Crippen LogP contribution < -0.4 is 4.18 Å². The Hall–Kier alpha value is -3.32. The number of hydroxylamine groups is 2. The number of alkyl halides is 3. The molecule has 9 nitrogen and oxygen atoms in total. The first-order valence-corrected chi connectivity index (χ1v) is 11.5. The van der Waals surface area contributed by atoms with E-state index in [1.165, 1.54) is 12.1 Å². The van der Waals surface area contributed by atoms with Gasteiger partial charge in [-0.25, -0.2) is 9.59 Å². The number of halogens is 3. The Bertz CT molecular complexity index is 1200. The van der Waals surface area contributed by atoms with Crippen LogP contribution >= 0.6 is 0 Å². The van der Waals surface area contributed by atoms with Crippen molar-refractivity contribution in [2.45, 2.75) is 31.1 Å². The lowest BCUT2D eigenvalue weighted by molar-refractivity contribution is -0.149. The molecule has 0 saturated carbocycles. The van der Waals surface area contributed by atoms with Crippen molar-refractivity contribution >= 4 is 22.1 Å². The van der Waals surface area contributed by atoms with E-state index in [1.54, 1.807) is 37.3 Å². The van der Waals surface area contributed by atoms with E-state index in [0.29, 0.717) is 5.56 Å². The summed E-state index contributed by atoms with van der Waals surface area (Å²) in [6.07, 6.45) is 0. The molecule has 1 saturated heterocycles. The highest BCUT2D eigenvalue weighted by molar-refractivity contribution is 7.88. The number of ether oxygens (including phenoxy) is 1. The number of esters is 1. The van der Waals surface area contributed by atoms with Crippen LogP contribution in [0.3, 0.4) is 0 Å². The van der Waals surface area contributed by atoms with Crippen molar-refractivity contribution in [2.75, 3.05) is 13.2 Å². The van der Waals surface area contributed by atoms with Gasteiger partial charge >= 0.3 is 27.6 Å². The largest absolute Gasteiger partial charge is 0.534 e. The van der Waals surface area contributed by atoms with E-state index in [1.807, 2.05) is 0 Å². The second kappa shape index (κ2) is 8.80. The number of benzene rings is 2. The summed E-state index contributed by atoms with van der Waals surface area (Å²) < 4.78 is 72.0. The molecule has 2 aliphatic rings. The monoisotopic (exact) mass is 500 g/mol. The number of nitrogens with zero attached hydrogens (tertiary/aromatic N) is 2. The summed E-state index contributed by atoms with van der Waals surface area (Å²) in [5.41, 5.74) is -4.96. The molecule has 0 aromatic heterocycles. The number of carbonyl (C=O) groups is 2. The number of urea groups is 1. The number of rotatable bonds is 7. The highest BCUT2D eigenvalue weighted by atomic mass is 32.2. The van der Waals surface area contributed by atoms with Crippen LogP contribution in [0, 0.1) is 0 Å². The summed E-state index contributed by atoms with van der Waals surface area (Å²) in [7, 11) is -6.01. The van der Waals surface area contributed by atoms with Crippen molar-refractivity contribution in [2.24, 2.45) is 0 Å². The molecule has 4 rings (SSSR count). The summed E-state index contributed by atoms with van der Waals surface area (Å²) in [5.74, 6) is -1.48. The van der Waals surface area contributed by atoms with Crippen LogP contribution in [0.15, 0.2) is 48.5 Å². The number of fused-ring (bicyclic) bond motifs is 4. The SMILES string of the molecule is CCOC(=O)C1c2cccc(OS(=O)(=O)C(F)(F)F)c2[C@H]2CN1C(=O)N2OCc1ccccc1. The van der Waals surface area contributed by atoms with E-state index in [9.17, 15) is 31.2 Å². The van der Waals surface area contributed by atoms with Gasteiger partial charge in [0.2, 0.25) is 0 Å². The summed E-state index contributed by atoms with van der Waals surface area (Å²) in [5, 5.41) is 0.915. The van der Waals surface area contributed by atoms with Gasteiger partial charge < -0.3 is 13.8 Å². The number of carbonyl (C=O) groups excluding carboxylic acids is 2. The van der Waals surface area contributed by atoms with Crippen LogP contribution in [0.1, 0.15) is 35.7 Å². The van der Waals surface area contributed by atoms with Gasteiger partial charge in [-0.05, 0) is 24.1 Å². The first-order valence-electron chi connectivity index (χ1n) is 10.1. The van der Waals surface area contributed by atoms with Gasteiger partial charge in [0.1, 0.15) is 18.4 Å². The summed E-state index contributed by atoms with van der Waals surface area (Å²) in [6, 6.07) is 9.37.